The van der Waals surface area contributed by atoms with Gasteiger partial charge in [-0.2, -0.15) is 23.4 Å². The molecule has 0 radical (unpaired) electrons. The van der Waals surface area contributed by atoms with E-state index in [-0.39, 0.29) is 24.9 Å². The highest BCUT2D eigenvalue weighted by molar-refractivity contribution is 5.95. The lowest BCUT2D eigenvalue weighted by molar-refractivity contribution is -0.188. The molecule has 2 heterocycles. The summed E-state index contributed by atoms with van der Waals surface area (Å²) >= 11 is 0. The molecule has 2 rings (SSSR count). The number of aromatic nitrogens is 2. The highest BCUT2D eigenvalue weighted by Crippen LogP contribution is 2.30. The van der Waals surface area contributed by atoms with Crippen molar-refractivity contribution in [2.24, 2.45) is 0 Å². The molecule has 0 bridgehead atoms. The van der Waals surface area contributed by atoms with Gasteiger partial charge in [-0.3, -0.25) is 9.69 Å². The van der Waals surface area contributed by atoms with Crippen LogP contribution in [0.3, 0.4) is 0 Å². The highest BCUT2D eigenvalue weighted by atomic mass is 19.4. The molecule has 0 saturated carbocycles. The van der Waals surface area contributed by atoms with Gasteiger partial charge in [0.25, 0.3) is 5.91 Å². The van der Waals surface area contributed by atoms with E-state index in [0.717, 1.165) is 0 Å². The van der Waals surface area contributed by atoms with E-state index in [1.807, 2.05) is 0 Å². The zero-order chi connectivity index (χ0) is 15.6. The SMILES string of the molecule is Cc1nnccc1C(=O)N[C@H]1CC[C@H](C(F)(F)F)N(C)C1. The first kappa shape index (κ1) is 15.7. The second-order valence-corrected chi connectivity index (χ2v) is 5.28. The van der Waals surface area contributed by atoms with Crippen molar-refractivity contribution in [3.63, 3.8) is 0 Å². The van der Waals surface area contributed by atoms with E-state index in [9.17, 15) is 18.0 Å². The van der Waals surface area contributed by atoms with Crippen LogP contribution in [-0.2, 0) is 0 Å². The van der Waals surface area contributed by atoms with Crippen molar-refractivity contribution < 1.29 is 18.0 Å². The van der Waals surface area contributed by atoms with Crippen LogP contribution in [0.15, 0.2) is 12.3 Å². The summed E-state index contributed by atoms with van der Waals surface area (Å²) in [5.41, 5.74) is 0.887. The Kier molecular flexibility index (Phi) is 4.46. The molecule has 1 aliphatic rings. The third-order valence-corrected chi connectivity index (χ3v) is 3.69. The van der Waals surface area contributed by atoms with Crippen LogP contribution >= 0.6 is 0 Å². The third kappa shape index (κ3) is 3.69. The Hall–Kier alpha value is -1.70. The molecule has 1 aromatic heterocycles. The number of likely N-dealkylation sites (N-methyl/N-ethyl adjacent to an activating group) is 1. The van der Waals surface area contributed by atoms with E-state index in [0.29, 0.717) is 17.7 Å². The highest BCUT2D eigenvalue weighted by Gasteiger charge is 2.44. The van der Waals surface area contributed by atoms with Gasteiger partial charge < -0.3 is 5.32 Å². The monoisotopic (exact) mass is 302 g/mol. The van der Waals surface area contributed by atoms with Crippen molar-refractivity contribution in [2.75, 3.05) is 13.6 Å². The number of aryl methyl sites for hydroxylation is 1. The smallest absolute Gasteiger partial charge is 0.348 e. The molecule has 21 heavy (non-hydrogen) atoms. The first-order chi connectivity index (χ1) is 9.79. The summed E-state index contributed by atoms with van der Waals surface area (Å²) < 4.78 is 38.3. The van der Waals surface area contributed by atoms with Gasteiger partial charge in [0, 0.05) is 12.6 Å². The predicted octanol–water partition coefficient (Wildman–Crippen LogP) is 1.54. The molecule has 1 aromatic rings. The van der Waals surface area contributed by atoms with Crippen LogP contribution in [0.1, 0.15) is 28.9 Å². The fourth-order valence-corrected chi connectivity index (χ4v) is 2.58. The summed E-state index contributed by atoms with van der Waals surface area (Å²) in [4.78, 5) is 13.3. The normalized spacial score (nSPS) is 23.9. The number of carbonyl (C=O) groups excluding carboxylic acids is 1. The quantitative estimate of drug-likeness (QED) is 0.900. The average molecular weight is 302 g/mol. The number of amides is 1. The van der Waals surface area contributed by atoms with E-state index in [4.69, 9.17) is 0 Å². The van der Waals surface area contributed by atoms with Crippen molar-refractivity contribution in [3.8, 4) is 0 Å². The molecule has 2 atom stereocenters. The molecule has 1 saturated heterocycles. The van der Waals surface area contributed by atoms with Crippen LogP contribution < -0.4 is 5.32 Å². The van der Waals surface area contributed by atoms with Gasteiger partial charge in [0.2, 0.25) is 0 Å². The number of likely N-dealkylation sites (tertiary alicyclic amines) is 1. The number of hydrogen-bond donors (Lipinski definition) is 1. The van der Waals surface area contributed by atoms with Gasteiger partial charge in [-0.25, -0.2) is 0 Å². The minimum absolute atomic E-state index is 0.0154. The number of carbonyl (C=O) groups is 1. The van der Waals surface area contributed by atoms with Crippen molar-refractivity contribution in [1.29, 1.82) is 0 Å². The summed E-state index contributed by atoms with van der Waals surface area (Å²) in [7, 11) is 1.43. The lowest BCUT2D eigenvalue weighted by Gasteiger charge is -2.38. The van der Waals surface area contributed by atoms with Crippen molar-refractivity contribution in [2.45, 2.75) is 38.0 Å². The number of halogens is 3. The Bertz CT molecular complexity index is 520. The summed E-state index contributed by atoms with van der Waals surface area (Å²) in [5, 5.41) is 10.2. The topological polar surface area (TPSA) is 58.1 Å². The maximum atomic E-state index is 12.8. The van der Waals surface area contributed by atoms with E-state index in [2.05, 4.69) is 15.5 Å². The van der Waals surface area contributed by atoms with Gasteiger partial charge in [0.1, 0.15) is 6.04 Å². The fraction of sp³-hybridized carbons (Fsp3) is 0.615. The van der Waals surface area contributed by atoms with Gasteiger partial charge in [-0.1, -0.05) is 0 Å². The van der Waals surface area contributed by atoms with Crippen LogP contribution in [0, 0.1) is 6.92 Å². The molecule has 116 valence electrons. The van der Waals surface area contributed by atoms with E-state index in [1.54, 1.807) is 13.0 Å². The molecule has 1 aliphatic heterocycles. The molecule has 0 aromatic carbocycles. The fourth-order valence-electron chi connectivity index (χ4n) is 2.58. The summed E-state index contributed by atoms with van der Waals surface area (Å²) in [6.07, 6.45) is -2.53. The second-order valence-electron chi connectivity index (χ2n) is 5.28. The minimum atomic E-state index is -4.23. The van der Waals surface area contributed by atoms with Gasteiger partial charge in [0.15, 0.2) is 0 Å². The largest absolute Gasteiger partial charge is 0.404 e. The van der Waals surface area contributed by atoms with Crippen LogP contribution in [-0.4, -0.2) is 52.9 Å². The maximum absolute atomic E-state index is 12.8. The number of piperidine rings is 1. The number of nitrogens with one attached hydrogen (secondary N) is 1. The minimum Gasteiger partial charge on any atom is -0.348 e. The number of alkyl halides is 3. The number of hydrogen-bond acceptors (Lipinski definition) is 4. The lowest BCUT2D eigenvalue weighted by atomic mass is 9.98. The summed E-state index contributed by atoms with van der Waals surface area (Å²) in [6.45, 7) is 1.84. The molecule has 1 fully saturated rings. The molecular weight excluding hydrogens is 285 g/mol. The average Bonchev–Trinajstić information content (AvgIpc) is 2.37. The molecule has 5 nitrogen and oxygen atoms in total. The predicted molar refractivity (Wildman–Crippen MR) is 69.7 cm³/mol. The Morgan fingerprint density at radius 2 is 2.14 bits per heavy atom. The molecule has 0 spiro atoms. The molecule has 0 aliphatic carbocycles. The third-order valence-electron chi connectivity index (χ3n) is 3.69. The second kappa shape index (κ2) is 5.97. The van der Waals surface area contributed by atoms with E-state index in [1.165, 1.54) is 18.1 Å². The van der Waals surface area contributed by atoms with Gasteiger partial charge in [-0.05, 0) is 32.9 Å². The Labute approximate surface area is 120 Å². The standard InChI is InChI=1S/C13H17F3N4O/c1-8-10(5-6-17-19-8)12(21)18-9-3-4-11(13(14,15)16)20(2)7-9/h5-6,9,11H,3-4,7H2,1-2H3,(H,18,21)/t9-,11+/m0/s1. The Balaban J connectivity index is 1.97. The van der Waals surface area contributed by atoms with Crippen LogP contribution in [0.4, 0.5) is 13.2 Å². The van der Waals surface area contributed by atoms with Crippen molar-refractivity contribution in [1.82, 2.24) is 20.4 Å². The van der Waals surface area contributed by atoms with Crippen LogP contribution in [0.2, 0.25) is 0 Å². The lowest BCUT2D eigenvalue weighted by Crippen LogP contribution is -2.54. The zero-order valence-electron chi connectivity index (χ0n) is 11.8. The van der Waals surface area contributed by atoms with Crippen LogP contribution in [0.5, 0.6) is 0 Å². The zero-order valence-corrected chi connectivity index (χ0v) is 11.8. The molecule has 0 unspecified atom stereocenters. The van der Waals surface area contributed by atoms with Crippen molar-refractivity contribution >= 4 is 5.91 Å². The summed E-state index contributed by atoms with van der Waals surface area (Å²) in [5.74, 6) is -0.328. The maximum Gasteiger partial charge on any atom is 0.404 e. The Morgan fingerprint density at radius 1 is 1.43 bits per heavy atom. The van der Waals surface area contributed by atoms with Crippen LogP contribution in [0.25, 0.3) is 0 Å². The van der Waals surface area contributed by atoms with Gasteiger partial charge in [-0.15, -0.1) is 0 Å². The molecule has 1 amide bonds. The van der Waals surface area contributed by atoms with E-state index < -0.39 is 12.2 Å². The van der Waals surface area contributed by atoms with Crippen molar-refractivity contribution in [3.05, 3.63) is 23.5 Å². The molecule has 1 N–H and O–H groups in total. The van der Waals surface area contributed by atoms with Gasteiger partial charge >= 0.3 is 6.18 Å². The first-order valence-electron chi connectivity index (χ1n) is 6.65. The summed E-state index contributed by atoms with van der Waals surface area (Å²) in [6, 6.07) is -0.188. The Morgan fingerprint density at radius 3 is 2.71 bits per heavy atom. The molecular formula is C13H17F3N4O. The first-order valence-corrected chi connectivity index (χ1v) is 6.65. The van der Waals surface area contributed by atoms with E-state index >= 15 is 0 Å². The number of nitrogens with zero attached hydrogens (tertiary/aromatic N) is 3. The molecule has 8 heteroatoms. The van der Waals surface area contributed by atoms with Gasteiger partial charge in [0.05, 0.1) is 17.5 Å². The number of rotatable bonds is 2.